The zero-order valence-corrected chi connectivity index (χ0v) is 8.78. The first-order valence-electron chi connectivity index (χ1n) is 4.83. The Hall–Kier alpha value is -1.83. The number of hydrogen-bond acceptors (Lipinski definition) is 2. The van der Waals surface area contributed by atoms with Crippen molar-refractivity contribution in [2.75, 3.05) is 0 Å². The van der Waals surface area contributed by atoms with Gasteiger partial charge in [0.2, 0.25) is 0 Å². The van der Waals surface area contributed by atoms with E-state index in [-0.39, 0.29) is 5.63 Å². The first kappa shape index (κ1) is 9.71. The van der Waals surface area contributed by atoms with Gasteiger partial charge < -0.3 is 4.42 Å². The van der Waals surface area contributed by atoms with Crippen LogP contribution in [0.15, 0.2) is 45.8 Å². The second-order valence-corrected chi connectivity index (χ2v) is 3.69. The van der Waals surface area contributed by atoms with Crippen molar-refractivity contribution in [1.29, 1.82) is 0 Å². The average molecular weight is 200 g/mol. The molecule has 0 spiro atoms. The van der Waals surface area contributed by atoms with E-state index in [1.54, 1.807) is 12.1 Å². The van der Waals surface area contributed by atoms with Crippen LogP contribution in [0.1, 0.15) is 11.1 Å². The summed E-state index contributed by atoms with van der Waals surface area (Å²) in [5, 5.41) is 0. The minimum Gasteiger partial charge on any atom is -0.431 e. The van der Waals surface area contributed by atoms with Crippen LogP contribution in [0.3, 0.4) is 0 Å². The van der Waals surface area contributed by atoms with Crippen LogP contribution in [0.5, 0.6) is 0 Å². The van der Waals surface area contributed by atoms with Crippen molar-refractivity contribution in [3.05, 3.63) is 58.1 Å². The standard InChI is InChI=1S/C13H12O2/c1-9-6-10(2)8-11(7-9)12-4-3-5-15-13(12)14/h3-8H,1-2H3. The van der Waals surface area contributed by atoms with Crippen molar-refractivity contribution in [3.8, 4) is 11.1 Å². The Balaban J connectivity index is 2.64. The molecule has 0 saturated carbocycles. The first-order chi connectivity index (χ1) is 7.16. The molecule has 0 saturated heterocycles. The molecule has 2 aromatic rings. The third kappa shape index (κ3) is 1.99. The molecular formula is C13H12O2. The molecule has 0 radical (unpaired) electrons. The summed E-state index contributed by atoms with van der Waals surface area (Å²) in [6.07, 6.45) is 1.40. The number of aryl methyl sites for hydroxylation is 2. The Labute approximate surface area is 88.2 Å². The SMILES string of the molecule is Cc1cc(C)cc(-c2cccoc2=O)c1. The van der Waals surface area contributed by atoms with E-state index in [2.05, 4.69) is 6.07 Å². The van der Waals surface area contributed by atoms with Crippen LogP contribution in [0.25, 0.3) is 11.1 Å². The van der Waals surface area contributed by atoms with E-state index in [1.807, 2.05) is 26.0 Å². The van der Waals surface area contributed by atoms with Crippen molar-refractivity contribution in [2.45, 2.75) is 13.8 Å². The molecule has 0 N–H and O–H groups in total. The first-order valence-corrected chi connectivity index (χ1v) is 4.83. The molecule has 76 valence electrons. The third-order valence-electron chi connectivity index (χ3n) is 2.27. The van der Waals surface area contributed by atoms with Gasteiger partial charge in [0.1, 0.15) is 0 Å². The maximum Gasteiger partial charge on any atom is 0.343 e. The summed E-state index contributed by atoms with van der Waals surface area (Å²) in [4.78, 5) is 11.5. The van der Waals surface area contributed by atoms with Gasteiger partial charge in [0.05, 0.1) is 11.8 Å². The van der Waals surface area contributed by atoms with Crippen LogP contribution >= 0.6 is 0 Å². The summed E-state index contributed by atoms with van der Waals surface area (Å²) in [5.74, 6) is 0. The molecule has 1 aromatic carbocycles. The molecule has 0 aliphatic heterocycles. The predicted molar refractivity (Wildman–Crippen MR) is 59.9 cm³/mol. The molecule has 2 heteroatoms. The average Bonchev–Trinajstić information content (AvgIpc) is 2.16. The lowest BCUT2D eigenvalue weighted by Crippen LogP contribution is -2.01. The minimum atomic E-state index is -0.289. The normalized spacial score (nSPS) is 10.3. The van der Waals surface area contributed by atoms with E-state index < -0.39 is 0 Å². The van der Waals surface area contributed by atoms with E-state index in [4.69, 9.17) is 4.42 Å². The summed E-state index contributed by atoms with van der Waals surface area (Å²) < 4.78 is 4.84. The molecule has 0 atom stereocenters. The van der Waals surface area contributed by atoms with E-state index in [9.17, 15) is 4.79 Å². The highest BCUT2D eigenvalue weighted by Crippen LogP contribution is 2.18. The number of hydrogen-bond donors (Lipinski definition) is 0. The zero-order valence-electron chi connectivity index (χ0n) is 8.78. The summed E-state index contributed by atoms with van der Waals surface area (Å²) in [6, 6.07) is 9.56. The van der Waals surface area contributed by atoms with Gasteiger partial charge in [-0.05, 0) is 31.5 Å². The Morgan fingerprint density at radius 3 is 2.33 bits per heavy atom. The number of benzene rings is 1. The van der Waals surface area contributed by atoms with Crippen LogP contribution in [-0.2, 0) is 0 Å². The smallest absolute Gasteiger partial charge is 0.343 e. The maximum atomic E-state index is 11.5. The fraction of sp³-hybridized carbons (Fsp3) is 0.154. The fourth-order valence-corrected chi connectivity index (χ4v) is 1.71. The van der Waals surface area contributed by atoms with Gasteiger partial charge in [-0.1, -0.05) is 29.3 Å². The van der Waals surface area contributed by atoms with Crippen LogP contribution < -0.4 is 5.63 Å². The van der Waals surface area contributed by atoms with E-state index in [0.717, 1.165) is 16.7 Å². The van der Waals surface area contributed by atoms with Crippen LogP contribution in [0, 0.1) is 13.8 Å². The molecule has 0 fully saturated rings. The van der Waals surface area contributed by atoms with E-state index in [0.29, 0.717) is 5.56 Å². The van der Waals surface area contributed by atoms with Gasteiger partial charge in [0.15, 0.2) is 0 Å². The summed E-state index contributed by atoms with van der Waals surface area (Å²) in [7, 11) is 0. The predicted octanol–water partition coefficient (Wildman–Crippen LogP) is 2.92. The fourth-order valence-electron chi connectivity index (χ4n) is 1.71. The Morgan fingerprint density at radius 1 is 1.07 bits per heavy atom. The largest absolute Gasteiger partial charge is 0.431 e. The van der Waals surface area contributed by atoms with Gasteiger partial charge in [0, 0.05) is 0 Å². The third-order valence-corrected chi connectivity index (χ3v) is 2.27. The lowest BCUT2D eigenvalue weighted by atomic mass is 10.0. The van der Waals surface area contributed by atoms with E-state index >= 15 is 0 Å². The summed E-state index contributed by atoms with van der Waals surface area (Å²) in [5.41, 5.74) is 3.54. The Bertz CT molecular complexity index is 518. The maximum absolute atomic E-state index is 11.5. The molecule has 0 amide bonds. The molecule has 1 aromatic heterocycles. The molecule has 0 aliphatic rings. The Morgan fingerprint density at radius 2 is 1.73 bits per heavy atom. The monoisotopic (exact) mass is 200 g/mol. The molecule has 0 aliphatic carbocycles. The molecular weight excluding hydrogens is 188 g/mol. The molecule has 0 unspecified atom stereocenters. The highest BCUT2D eigenvalue weighted by Gasteiger charge is 2.04. The quantitative estimate of drug-likeness (QED) is 0.708. The lowest BCUT2D eigenvalue weighted by Gasteiger charge is -2.03. The highest BCUT2D eigenvalue weighted by molar-refractivity contribution is 5.63. The van der Waals surface area contributed by atoms with Gasteiger partial charge in [-0.2, -0.15) is 0 Å². The zero-order chi connectivity index (χ0) is 10.8. The molecule has 15 heavy (non-hydrogen) atoms. The summed E-state index contributed by atoms with van der Waals surface area (Å²) >= 11 is 0. The molecule has 2 nitrogen and oxygen atoms in total. The Kier molecular flexibility index (Phi) is 2.42. The van der Waals surface area contributed by atoms with Crippen LogP contribution in [-0.4, -0.2) is 0 Å². The van der Waals surface area contributed by atoms with Crippen molar-refractivity contribution >= 4 is 0 Å². The van der Waals surface area contributed by atoms with Crippen molar-refractivity contribution in [3.63, 3.8) is 0 Å². The lowest BCUT2D eigenvalue weighted by molar-refractivity contribution is 0.513. The second-order valence-electron chi connectivity index (χ2n) is 3.69. The highest BCUT2D eigenvalue weighted by atomic mass is 16.4. The number of rotatable bonds is 1. The topological polar surface area (TPSA) is 30.2 Å². The van der Waals surface area contributed by atoms with Crippen LogP contribution in [0.4, 0.5) is 0 Å². The minimum absolute atomic E-state index is 0.289. The van der Waals surface area contributed by atoms with Gasteiger partial charge in [0.25, 0.3) is 0 Å². The van der Waals surface area contributed by atoms with Crippen molar-refractivity contribution in [1.82, 2.24) is 0 Å². The molecule has 1 heterocycles. The molecule has 2 rings (SSSR count). The second kappa shape index (κ2) is 3.73. The van der Waals surface area contributed by atoms with Crippen molar-refractivity contribution in [2.24, 2.45) is 0 Å². The summed E-state index contributed by atoms with van der Waals surface area (Å²) in [6.45, 7) is 4.03. The van der Waals surface area contributed by atoms with Gasteiger partial charge in [-0.15, -0.1) is 0 Å². The van der Waals surface area contributed by atoms with Crippen molar-refractivity contribution < 1.29 is 4.42 Å². The van der Waals surface area contributed by atoms with Crippen LogP contribution in [0.2, 0.25) is 0 Å². The van der Waals surface area contributed by atoms with E-state index in [1.165, 1.54) is 6.26 Å². The van der Waals surface area contributed by atoms with Gasteiger partial charge in [-0.25, -0.2) is 4.79 Å². The molecule has 0 bridgehead atoms. The van der Waals surface area contributed by atoms with Gasteiger partial charge in [-0.3, -0.25) is 0 Å². The van der Waals surface area contributed by atoms with Gasteiger partial charge >= 0.3 is 5.63 Å².